The van der Waals surface area contributed by atoms with Crippen molar-refractivity contribution < 1.29 is 27.1 Å². The van der Waals surface area contributed by atoms with Crippen LogP contribution in [0.5, 0.6) is 5.75 Å². The quantitative estimate of drug-likeness (QED) is 0.358. The Morgan fingerprint density at radius 1 is 0.923 bits per heavy atom. The molecule has 3 aromatic rings. The van der Waals surface area contributed by atoms with Crippen LogP contribution in [0.4, 0.5) is 10.1 Å². The number of carbonyl (C=O) groups excluding carboxylic acids is 2. The van der Waals surface area contributed by atoms with E-state index in [9.17, 15) is 22.4 Å². The van der Waals surface area contributed by atoms with Gasteiger partial charge in [0, 0.05) is 18.2 Å². The second-order valence-corrected chi connectivity index (χ2v) is 11.0. The number of benzene rings is 3. The van der Waals surface area contributed by atoms with Gasteiger partial charge < -0.3 is 15.0 Å². The monoisotopic (exact) mass is 555 g/mol. The van der Waals surface area contributed by atoms with Crippen LogP contribution in [0.25, 0.3) is 0 Å². The molecular formula is C29H34FN3O5S. The number of anilines is 1. The highest BCUT2D eigenvalue weighted by atomic mass is 32.2. The highest BCUT2D eigenvalue weighted by molar-refractivity contribution is 7.92. The molecule has 2 amide bonds. The van der Waals surface area contributed by atoms with Crippen LogP contribution in [-0.4, -0.2) is 50.4 Å². The lowest BCUT2D eigenvalue weighted by atomic mass is 10.1. The first-order chi connectivity index (χ1) is 18.6. The summed E-state index contributed by atoms with van der Waals surface area (Å²) in [6.45, 7) is 6.26. The molecule has 0 saturated carbocycles. The molecule has 3 aromatic carbocycles. The third kappa shape index (κ3) is 7.35. The molecule has 0 radical (unpaired) electrons. The van der Waals surface area contributed by atoms with Crippen LogP contribution in [0, 0.1) is 5.82 Å². The van der Waals surface area contributed by atoms with E-state index in [1.54, 1.807) is 69.3 Å². The Bertz CT molecular complexity index is 1380. The smallest absolute Gasteiger partial charge is 0.264 e. The van der Waals surface area contributed by atoms with Crippen LogP contribution in [0.2, 0.25) is 0 Å². The highest BCUT2D eigenvalue weighted by Crippen LogP contribution is 2.33. The number of ether oxygens (including phenoxy) is 1. The van der Waals surface area contributed by atoms with Gasteiger partial charge in [-0.25, -0.2) is 12.8 Å². The van der Waals surface area contributed by atoms with Gasteiger partial charge in [0.1, 0.15) is 24.2 Å². The van der Waals surface area contributed by atoms with Crippen molar-refractivity contribution in [2.75, 3.05) is 17.5 Å². The highest BCUT2D eigenvalue weighted by Gasteiger charge is 2.34. The number of hydrogen-bond donors (Lipinski definition) is 1. The molecule has 1 unspecified atom stereocenters. The first-order valence-electron chi connectivity index (χ1n) is 12.7. The summed E-state index contributed by atoms with van der Waals surface area (Å²) >= 11 is 0. The van der Waals surface area contributed by atoms with Crippen LogP contribution in [0.3, 0.4) is 0 Å². The molecule has 0 aromatic heterocycles. The van der Waals surface area contributed by atoms with Crippen molar-refractivity contribution in [3.8, 4) is 5.75 Å². The summed E-state index contributed by atoms with van der Waals surface area (Å²) in [6.07, 6.45) is 0. The van der Waals surface area contributed by atoms with Crippen molar-refractivity contribution in [3.05, 3.63) is 90.2 Å². The Morgan fingerprint density at radius 2 is 1.54 bits per heavy atom. The average Bonchev–Trinajstić information content (AvgIpc) is 2.91. The summed E-state index contributed by atoms with van der Waals surface area (Å²) in [5, 5.41) is 2.77. The van der Waals surface area contributed by atoms with Crippen molar-refractivity contribution in [2.24, 2.45) is 0 Å². The molecule has 0 fully saturated rings. The zero-order chi connectivity index (χ0) is 28.6. The molecule has 0 heterocycles. The number of sulfonamides is 1. The predicted molar refractivity (Wildman–Crippen MR) is 148 cm³/mol. The first kappa shape index (κ1) is 29.6. The van der Waals surface area contributed by atoms with Gasteiger partial charge in [-0.1, -0.05) is 48.5 Å². The predicted octanol–water partition coefficient (Wildman–Crippen LogP) is 4.36. The van der Waals surface area contributed by atoms with Gasteiger partial charge in [0.15, 0.2) is 0 Å². The summed E-state index contributed by atoms with van der Waals surface area (Å²) in [6, 6.07) is 19.0. The summed E-state index contributed by atoms with van der Waals surface area (Å²) in [5.74, 6) is -1.39. The summed E-state index contributed by atoms with van der Waals surface area (Å²) in [5.41, 5.74) is 0.365. The van der Waals surface area contributed by atoms with Gasteiger partial charge >= 0.3 is 0 Å². The van der Waals surface area contributed by atoms with Crippen LogP contribution in [-0.2, 0) is 26.2 Å². The Balaban J connectivity index is 2.08. The fraction of sp³-hybridized carbons (Fsp3) is 0.310. The zero-order valence-electron chi connectivity index (χ0n) is 22.5. The Hall–Kier alpha value is -3.92. The Morgan fingerprint density at radius 3 is 2.18 bits per heavy atom. The second kappa shape index (κ2) is 13.2. The van der Waals surface area contributed by atoms with E-state index in [0.29, 0.717) is 0 Å². The molecule has 0 saturated heterocycles. The molecule has 208 valence electrons. The van der Waals surface area contributed by atoms with E-state index in [2.05, 4.69) is 5.32 Å². The SMILES string of the molecule is CCOc1ccccc1N(CC(=O)N(Cc1ccccc1F)C(C)C(=O)NC(C)C)S(=O)(=O)c1ccccc1. The lowest BCUT2D eigenvalue weighted by molar-refractivity contribution is -0.139. The summed E-state index contributed by atoms with van der Waals surface area (Å²) < 4.78 is 49.0. The molecule has 1 N–H and O–H groups in total. The molecule has 0 spiro atoms. The van der Waals surface area contributed by atoms with E-state index >= 15 is 0 Å². The normalized spacial score (nSPS) is 12.1. The van der Waals surface area contributed by atoms with E-state index in [1.807, 2.05) is 0 Å². The van der Waals surface area contributed by atoms with Crippen molar-refractivity contribution in [2.45, 2.75) is 51.2 Å². The van der Waals surface area contributed by atoms with Crippen LogP contribution < -0.4 is 14.4 Å². The maximum absolute atomic E-state index is 14.6. The van der Waals surface area contributed by atoms with Gasteiger partial charge in [-0.2, -0.15) is 0 Å². The van der Waals surface area contributed by atoms with Crippen LogP contribution in [0.15, 0.2) is 83.8 Å². The Kier molecular flexibility index (Phi) is 10.1. The van der Waals surface area contributed by atoms with Gasteiger partial charge in [-0.3, -0.25) is 13.9 Å². The fourth-order valence-electron chi connectivity index (χ4n) is 3.97. The van der Waals surface area contributed by atoms with E-state index < -0.39 is 40.2 Å². The summed E-state index contributed by atoms with van der Waals surface area (Å²) in [4.78, 5) is 28.0. The second-order valence-electron chi connectivity index (χ2n) is 9.18. The molecule has 3 rings (SSSR count). The first-order valence-corrected chi connectivity index (χ1v) is 14.1. The molecule has 1 atom stereocenters. The topological polar surface area (TPSA) is 96.0 Å². The van der Waals surface area contributed by atoms with Gasteiger partial charge in [0.05, 0.1) is 17.2 Å². The number of carbonyl (C=O) groups is 2. The standard InChI is InChI=1S/C29H34FN3O5S/c1-5-38-27-18-12-11-17-26(27)33(39(36,37)24-14-7-6-8-15-24)20-28(34)32(22(4)29(35)31-21(2)3)19-23-13-9-10-16-25(23)30/h6-18,21-22H,5,19-20H2,1-4H3,(H,31,35). The maximum Gasteiger partial charge on any atom is 0.264 e. The number of para-hydroxylation sites is 2. The fourth-order valence-corrected chi connectivity index (χ4v) is 5.42. The van der Waals surface area contributed by atoms with Crippen LogP contribution >= 0.6 is 0 Å². The third-order valence-electron chi connectivity index (χ3n) is 5.94. The van der Waals surface area contributed by atoms with Crippen molar-refractivity contribution in [1.82, 2.24) is 10.2 Å². The Labute approximate surface area is 229 Å². The lowest BCUT2D eigenvalue weighted by Crippen LogP contribution is -2.52. The number of nitrogens with zero attached hydrogens (tertiary/aromatic N) is 2. The molecule has 0 aliphatic heterocycles. The van der Waals surface area contributed by atoms with Gasteiger partial charge in [-0.05, 0) is 58.0 Å². The minimum absolute atomic E-state index is 0.0182. The summed E-state index contributed by atoms with van der Waals surface area (Å²) in [7, 11) is -4.24. The van der Waals surface area contributed by atoms with E-state index in [4.69, 9.17) is 4.74 Å². The van der Waals surface area contributed by atoms with Gasteiger partial charge in [-0.15, -0.1) is 0 Å². The molecule has 10 heteroatoms. The maximum atomic E-state index is 14.6. The van der Waals surface area contributed by atoms with Crippen molar-refractivity contribution in [3.63, 3.8) is 0 Å². The van der Waals surface area contributed by atoms with Gasteiger partial charge in [0.25, 0.3) is 10.0 Å². The number of nitrogens with one attached hydrogen (secondary N) is 1. The number of hydrogen-bond acceptors (Lipinski definition) is 5. The van der Waals surface area contributed by atoms with E-state index in [1.165, 1.54) is 42.2 Å². The molecule has 0 bridgehead atoms. The van der Waals surface area contributed by atoms with E-state index in [0.717, 1.165) is 4.31 Å². The molecule has 0 aliphatic carbocycles. The number of halogens is 1. The van der Waals surface area contributed by atoms with Crippen LogP contribution in [0.1, 0.15) is 33.3 Å². The lowest BCUT2D eigenvalue weighted by Gasteiger charge is -2.32. The number of rotatable bonds is 12. The zero-order valence-corrected chi connectivity index (χ0v) is 23.3. The molecular weight excluding hydrogens is 521 g/mol. The van der Waals surface area contributed by atoms with Crippen molar-refractivity contribution >= 4 is 27.5 Å². The molecule has 0 aliphatic rings. The average molecular weight is 556 g/mol. The molecule has 39 heavy (non-hydrogen) atoms. The molecule has 8 nitrogen and oxygen atoms in total. The largest absolute Gasteiger partial charge is 0.492 e. The van der Waals surface area contributed by atoms with Crippen molar-refractivity contribution in [1.29, 1.82) is 0 Å². The minimum Gasteiger partial charge on any atom is -0.492 e. The van der Waals surface area contributed by atoms with E-state index in [-0.39, 0.29) is 41.1 Å². The van der Waals surface area contributed by atoms with Gasteiger partial charge in [0.2, 0.25) is 11.8 Å². The number of amides is 2. The third-order valence-corrected chi connectivity index (χ3v) is 7.71. The minimum atomic E-state index is -4.24.